The number of nitrogens with zero attached hydrogens (tertiary/aromatic N) is 1. The predicted molar refractivity (Wildman–Crippen MR) is 112 cm³/mol. The minimum Gasteiger partial charge on any atom is -0.465 e. The molecule has 0 atom stereocenters. The van der Waals surface area contributed by atoms with Gasteiger partial charge in [0.1, 0.15) is 15.0 Å². The van der Waals surface area contributed by atoms with Gasteiger partial charge in [-0.25, -0.2) is 14.2 Å². The second-order valence-corrected chi connectivity index (χ2v) is 8.10. The first-order valence-corrected chi connectivity index (χ1v) is 10.0. The van der Waals surface area contributed by atoms with Gasteiger partial charge in [-0.3, -0.25) is 0 Å². The molecule has 4 rings (SSSR count). The molecule has 0 saturated heterocycles. The Morgan fingerprint density at radius 2 is 1.82 bits per heavy atom. The van der Waals surface area contributed by atoms with Crippen molar-refractivity contribution in [2.45, 2.75) is 4.21 Å². The van der Waals surface area contributed by atoms with Crippen molar-refractivity contribution in [3.05, 3.63) is 78.2 Å². The zero-order valence-electron chi connectivity index (χ0n) is 14.8. The third kappa shape index (κ3) is 4.00. The van der Waals surface area contributed by atoms with Gasteiger partial charge in [-0.1, -0.05) is 12.1 Å². The number of halogens is 1. The van der Waals surface area contributed by atoms with Crippen LogP contribution in [0.1, 0.15) is 10.4 Å². The molecule has 28 heavy (non-hydrogen) atoms. The first kappa shape index (κ1) is 18.5. The summed E-state index contributed by atoms with van der Waals surface area (Å²) in [5.74, 6) is -0.603. The molecule has 4 nitrogen and oxygen atoms in total. The van der Waals surface area contributed by atoms with Gasteiger partial charge in [0.2, 0.25) is 0 Å². The van der Waals surface area contributed by atoms with Crippen LogP contribution in [0.2, 0.25) is 0 Å². The normalized spacial score (nSPS) is 10.8. The van der Waals surface area contributed by atoms with Gasteiger partial charge >= 0.3 is 5.97 Å². The smallest absolute Gasteiger partial charge is 0.337 e. The predicted octanol–water partition coefficient (Wildman–Crippen LogP) is 6.01. The van der Waals surface area contributed by atoms with E-state index in [-0.39, 0.29) is 11.8 Å². The summed E-state index contributed by atoms with van der Waals surface area (Å²) in [6.45, 7) is 0. The molecule has 1 N–H and O–H groups in total. The van der Waals surface area contributed by atoms with Crippen LogP contribution in [0, 0.1) is 5.82 Å². The highest BCUT2D eigenvalue weighted by atomic mass is 32.2. The Morgan fingerprint density at radius 1 is 1.07 bits per heavy atom. The lowest BCUT2D eigenvalue weighted by Crippen LogP contribution is -2.00. The third-order valence-corrected chi connectivity index (χ3v) is 6.09. The van der Waals surface area contributed by atoms with Crippen molar-refractivity contribution in [3.8, 4) is 10.6 Å². The molecule has 0 bridgehead atoms. The molecule has 0 aliphatic rings. The molecule has 7 heteroatoms. The average Bonchev–Trinajstić information content (AvgIpc) is 3.20. The lowest BCUT2D eigenvalue weighted by atomic mass is 10.1. The maximum Gasteiger partial charge on any atom is 0.337 e. The van der Waals surface area contributed by atoms with E-state index in [0.717, 1.165) is 31.2 Å². The molecule has 0 fully saturated rings. The van der Waals surface area contributed by atoms with E-state index in [2.05, 4.69) is 9.71 Å². The summed E-state index contributed by atoms with van der Waals surface area (Å²) >= 11 is 3.01. The van der Waals surface area contributed by atoms with E-state index in [1.807, 2.05) is 30.3 Å². The number of esters is 1. The van der Waals surface area contributed by atoms with Gasteiger partial charge < -0.3 is 9.46 Å². The summed E-state index contributed by atoms with van der Waals surface area (Å²) in [4.78, 5) is 16.0. The molecule has 0 aliphatic heterocycles. The summed E-state index contributed by atoms with van der Waals surface area (Å²) in [5.41, 5.74) is 2.37. The minimum absolute atomic E-state index is 0.258. The van der Waals surface area contributed by atoms with Gasteiger partial charge in [0, 0.05) is 11.3 Å². The number of aromatic nitrogens is 1. The summed E-state index contributed by atoms with van der Waals surface area (Å²) in [6, 6.07) is 17.7. The molecule has 0 radical (unpaired) electrons. The van der Waals surface area contributed by atoms with Crippen molar-refractivity contribution in [2.75, 3.05) is 11.8 Å². The Labute approximate surface area is 169 Å². The van der Waals surface area contributed by atoms with Gasteiger partial charge in [0.05, 0.1) is 18.9 Å². The van der Waals surface area contributed by atoms with E-state index in [4.69, 9.17) is 4.74 Å². The van der Waals surface area contributed by atoms with Crippen LogP contribution < -0.4 is 4.72 Å². The molecule has 0 spiro atoms. The van der Waals surface area contributed by atoms with Crippen LogP contribution in [0.4, 0.5) is 10.1 Å². The Morgan fingerprint density at radius 3 is 2.61 bits per heavy atom. The fraction of sp³-hybridized carbons (Fsp3) is 0.0476. The molecule has 0 aliphatic carbocycles. The molecule has 4 aromatic rings. The van der Waals surface area contributed by atoms with Crippen LogP contribution in [0.15, 0.2) is 71.1 Å². The Kier molecular flexibility index (Phi) is 5.27. The number of carbonyl (C=O) groups is 1. The van der Waals surface area contributed by atoms with Crippen molar-refractivity contribution in [2.24, 2.45) is 0 Å². The van der Waals surface area contributed by atoms with Crippen LogP contribution in [-0.2, 0) is 4.74 Å². The fourth-order valence-electron chi connectivity index (χ4n) is 2.70. The van der Waals surface area contributed by atoms with E-state index in [1.54, 1.807) is 24.4 Å². The van der Waals surface area contributed by atoms with Gasteiger partial charge in [0.25, 0.3) is 0 Å². The number of carbonyl (C=O) groups excluding carboxylic acids is 1. The second kappa shape index (κ2) is 8.00. The number of fused-ring (bicyclic) bond motifs is 1. The molecule has 0 amide bonds. The third-order valence-electron chi connectivity index (χ3n) is 4.11. The zero-order valence-corrected chi connectivity index (χ0v) is 16.4. The number of anilines is 1. The van der Waals surface area contributed by atoms with Crippen molar-refractivity contribution >= 4 is 45.7 Å². The number of rotatable bonds is 5. The number of methoxy groups -OCH3 is 1. The summed E-state index contributed by atoms with van der Waals surface area (Å²) < 4.78 is 22.1. The van der Waals surface area contributed by atoms with Crippen LogP contribution in [0.3, 0.4) is 0 Å². The highest BCUT2D eigenvalue weighted by Crippen LogP contribution is 2.32. The van der Waals surface area contributed by atoms with Gasteiger partial charge in [-0.2, -0.15) is 0 Å². The zero-order chi connectivity index (χ0) is 19.5. The van der Waals surface area contributed by atoms with Crippen molar-refractivity contribution in [1.82, 2.24) is 4.98 Å². The minimum atomic E-state index is -0.346. The maximum atomic E-state index is 13.1. The second-order valence-electron chi connectivity index (χ2n) is 5.96. The SMILES string of the molecule is COC(=O)c1ccc2cc(NSc3cnc(-c4ccc(F)cc4)s3)ccc2c1. The van der Waals surface area contributed by atoms with Crippen LogP contribution in [0.25, 0.3) is 21.3 Å². The topological polar surface area (TPSA) is 51.2 Å². The van der Waals surface area contributed by atoms with E-state index >= 15 is 0 Å². The maximum absolute atomic E-state index is 13.1. The molecular formula is C21H15FN2O2S2. The lowest BCUT2D eigenvalue weighted by Gasteiger charge is -2.06. The molecule has 0 saturated carbocycles. The van der Waals surface area contributed by atoms with E-state index < -0.39 is 0 Å². The summed E-state index contributed by atoms with van der Waals surface area (Å²) in [6.07, 6.45) is 1.80. The van der Waals surface area contributed by atoms with Crippen LogP contribution in [-0.4, -0.2) is 18.1 Å². The Bertz CT molecular complexity index is 1140. The number of ether oxygens (including phenoxy) is 1. The summed E-state index contributed by atoms with van der Waals surface area (Å²) in [5, 5.41) is 2.84. The van der Waals surface area contributed by atoms with Gasteiger partial charge in [-0.15, -0.1) is 11.3 Å². The standard InChI is InChI=1S/C21H15FN2O2S2/c1-26-21(25)16-3-2-15-11-18(9-6-14(15)10-16)24-28-19-12-23-20(27-19)13-4-7-17(22)8-5-13/h2-12,24H,1H3. The first-order valence-electron chi connectivity index (χ1n) is 8.39. The van der Waals surface area contributed by atoms with Gasteiger partial charge in [0.15, 0.2) is 0 Å². The molecular weight excluding hydrogens is 395 g/mol. The van der Waals surface area contributed by atoms with E-state index in [9.17, 15) is 9.18 Å². The fourth-order valence-corrected chi connectivity index (χ4v) is 4.33. The monoisotopic (exact) mass is 410 g/mol. The number of hydrogen-bond acceptors (Lipinski definition) is 6. The van der Waals surface area contributed by atoms with Gasteiger partial charge in [-0.05, 0) is 71.3 Å². The highest BCUT2D eigenvalue weighted by molar-refractivity contribution is 8.02. The first-order chi connectivity index (χ1) is 13.6. The van der Waals surface area contributed by atoms with Crippen LogP contribution >= 0.6 is 23.3 Å². The van der Waals surface area contributed by atoms with Crippen molar-refractivity contribution in [3.63, 3.8) is 0 Å². The van der Waals surface area contributed by atoms with E-state index in [1.165, 1.54) is 42.5 Å². The summed E-state index contributed by atoms with van der Waals surface area (Å²) in [7, 11) is 1.37. The molecule has 140 valence electrons. The number of thiazole rings is 1. The Hall–Kier alpha value is -2.90. The molecule has 0 unspecified atom stereocenters. The molecule has 1 heterocycles. The van der Waals surface area contributed by atoms with Crippen molar-refractivity contribution in [1.29, 1.82) is 0 Å². The largest absolute Gasteiger partial charge is 0.465 e. The quantitative estimate of drug-likeness (QED) is 0.323. The number of hydrogen-bond donors (Lipinski definition) is 1. The molecule has 3 aromatic carbocycles. The number of benzene rings is 3. The lowest BCUT2D eigenvalue weighted by molar-refractivity contribution is 0.0601. The van der Waals surface area contributed by atoms with Crippen LogP contribution in [0.5, 0.6) is 0 Å². The average molecular weight is 410 g/mol. The van der Waals surface area contributed by atoms with E-state index in [0.29, 0.717) is 5.56 Å². The Balaban J connectivity index is 1.47. The highest BCUT2D eigenvalue weighted by Gasteiger charge is 2.08. The number of nitrogens with one attached hydrogen (secondary N) is 1. The van der Waals surface area contributed by atoms with Crippen molar-refractivity contribution < 1.29 is 13.9 Å². The molecule has 1 aromatic heterocycles.